The Morgan fingerprint density at radius 2 is 0.789 bits per heavy atom. The lowest BCUT2D eigenvalue weighted by molar-refractivity contribution is -0.142. The van der Waals surface area contributed by atoms with Crippen molar-refractivity contribution in [1.29, 1.82) is 0 Å². The number of nitrogens with two attached hydrogens (primary N) is 5. The number of aliphatic hydroxyl groups excluding tert-OH is 2. The van der Waals surface area contributed by atoms with E-state index in [1.165, 1.54) is 50.6 Å². The number of aliphatic carboxylic acids is 2. The van der Waals surface area contributed by atoms with Crippen molar-refractivity contribution < 1.29 is 107 Å². The fourth-order valence-electron chi connectivity index (χ4n) is 10.9. The lowest BCUT2D eigenvalue weighted by Crippen LogP contribution is -2.61. The van der Waals surface area contributed by atoms with Gasteiger partial charge in [-0.3, -0.25) is 81.5 Å². The molecule has 3 rings (SSSR count). The highest BCUT2D eigenvalue weighted by molar-refractivity contribution is 6.01. The number of aliphatic hydroxyl groups is 2. The van der Waals surface area contributed by atoms with E-state index < -0.39 is 231 Å². The Morgan fingerprint density at radius 3 is 1.24 bits per heavy atom. The second-order valence-electron chi connectivity index (χ2n) is 27.1. The Kier molecular flexibility index (Phi) is 43.1. The third kappa shape index (κ3) is 35.7. The monoisotopic (exact) mass is 1610 g/mol. The first-order valence-corrected chi connectivity index (χ1v) is 36.8. The van der Waals surface area contributed by atoms with Crippen molar-refractivity contribution in [3.63, 3.8) is 0 Å². The van der Waals surface area contributed by atoms with E-state index in [9.17, 15) is 107 Å². The average Bonchev–Trinajstić information content (AvgIpc) is 0.960. The number of hydrogen-bond donors (Lipinski definition) is 25. The van der Waals surface area contributed by atoms with Gasteiger partial charge in [0.2, 0.25) is 88.6 Å². The number of phenols is 1. The number of rotatable bonds is 54. The number of aromatic hydroxyl groups is 1. The normalized spacial score (nSPS) is 14.4. The van der Waals surface area contributed by atoms with E-state index in [-0.39, 0.29) is 76.0 Å². The van der Waals surface area contributed by atoms with Crippen molar-refractivity contribution in [3.8, 4) is 5.75 Å². The van der Waals surface area contributed by atoms with Crippen LogP contribution in [0.2, 0.25) is 0 Å². The van der Waals surface area contributed by atoms with E-state index >= 15 is 0 Å². The SMILES string of the molecule is CC(C)[C@H](NC(=O)CNC(=O)[C@H](CCCCN)NC(=O)[C@H](Cc1ccccc1)NC(=O)CNC(=O)[C@H](CCCCN)NC(=O)[C@H](Cc1c[nH]cn1)NC(=O)[C@H](C)NC(=O)[C@H](CO)NC(=O)[C@H](CCCCN)NC(=O)[C@H](Cc1ccc(O)cc1)NC(=O)[C@H](CC(=O)O)NC(=O)[C@H](CO)NC(=O)[C@H](C)N)C(=O)N[C@@H](CC(=O)O)C(N)=O. The van der Waals surface area contributed by atoms with Gasteiger partial charge in [-0.1, -0.05) is 56.3 Å². The molecule has 43 nitrogen and oxygen atoms in total. The molecule has 630 valence electrons. The van der Waals surface area contributed by atoms with E-state index in [1.54, 1.807) is 44.2 Å². The van der Waals surface area contributed by atoms with Crippen LogP contribution in [0.25, 0.3) is 0 Å². The molecule has 0 spiro atoms. The second kappa shape index (κ2) is 51.0. The van der Waals surface area contributed by atoms with Gasteiger partial charge in [-0.05, 0) is 120 Å². The van der Waals surface area contributed by atoms with Gasteiger partial charge in [0.1, 0.15) is 78.3 Å². The molecule has 0 aliphatic carbocycles. The zero-order valence-electron chi connectivity index (χ0n) is 63.8. The van der Waals surface area contributed by atoms with Crippen LogP contribution in [-0.2, 0) is 101 Å². The number of amides is 15. The molecule has 0 aliphatic heterocycles. The zero-order valence-corrected chi connectivity index (χ0v) is 63.8. The van der Waals surface area contributed by atoms with Gasteiger partial charge in [0.15, 0.2) is 0 Å². The van der Waals surface area contributed by atoms with Gasteiger partial charge in [-0.25, -0.2) is 4.98 Å². The van der Waals surface area contributed by atoms with Gasteiger partial charge in [0.05, 0.1) is 57.2 Å². The summed E-state index contributed by atoms with van der Waals surface area (Å²) in [5, 5.41) is 82.8. The van der Waals surface area contributed by atoms with Crippen molar-refractivity contribution in [2.45, 2.75) is 196 Å². The van der Waals surface area contributed by atoms with Crippen LogP contribution in [0, 0.1) is 5.92 Å². The highest BCUT2D eigenvalue weighted by Crippen LogP contribution is 2.15. The summed E-state index contributed by atoms with van der Waals surface area (Å²) in [7, 11) is 0. The molecule has 43 heteroatoms. The van der Waals surface area contributed by atoms with Crippen LogP contribution >= 0.6 is 0 Å². The van der Waals surface area contributed by atoms with Gasteiger partial charge >= 0.3 is 11.9 Å². The fraction of sp³-hybridized carbons (Fsp3) is 0.549. The van der Waals surface area contributed by atoms with E-state index in [4.69, 9.17) is 28.7 Å². The molecular weight excluding hydrogens is 1500 g/mol. The Hall–Kier alpha value is -11.8. The zero-order chi connectivity index (χ0) is 85.1. The summed E-state index contributed by atoms with van der Waals surface area (Å²) in [4.78, 5) is 235. The lowest BCUT2D eigenvalue weighted by atomic mass is 10.0. The summed E-state index contributed by atoms with van der Waals surface area (Å²) in [6.07, 6.45) is 1.34. The Bertz CT molecular complexity index is 3710. The molecule has 3 aromatic rings. The first kappa shape index (κ1) is 96.4. The minimum Gasteiger partial charge on any atom is -0.508 e. The Labute approximate surface area is 656 Å². The van der Waals surface area contributed by atoms with Gasteiger partial charge in [-0.15, -0.1) is 0 Å². The summed E-state index contributed by atoms with van der Waals surface area (Å²) >= 11 is 0. The number of hydrogen-bond acceptors (Lipinski definition) is 25. The van der Waals surface area contributed by atoms with Crippen LogP contribution in [0.3, 0.4) is 0 Å². The molecule has 0 bridgehead atoms. The van der Waals surface area contributed by atoms with Crippen molar-refractivity contribution in [3.05, 3.63) is 83.9 Å². The number of carboxylic acid groups (broad SMARTS) is 2. The number of aromatic nitrogens is 2. The van der Waals surface area contributed by atoms with Crippen LogP contribution in [0.4, 0.5) is 0 Å². The molecule has 1 heterocycles. The maximum Gasteiger partial charge on any atom is 0.305 e. The first-order chi connectivity index (χ1) is 54.0. The number of primary amides is 1. The van der Waals surface area contributed by atoms with Crippen molar-refractivity contribution in [2.75, 3.05) is 45.9 Å². The van der Waals surface area contributed by atoms with Gasteiger partial charge in [-0.2, -0.15) is 0 Å². The molecule has 0 saturated heterocycles. The number of benzene rings is 2. The first-order valence-electron chi connectivity index (χ1n) is 36.8. The molecule has 0 radical (unpaired) electrons. The number of nitrogens with one attached hydrogen (secondary N) is 15. The number of unbranched alkanes of at least 4 members (excludes halogenated alkanes) is 3. The van der Waals surface area contributed by atoms with Crippen LogP contribution in [0.1, 0.15) is 115 Å². The number of imidazole rings is 1. The largest absolute Gasteiger partial charge is 0.508 e. The van der Waals surface area contributed by atoms with Crippen molar-refractivity contribution >= 4 is 101 Å². The second-order valence-corrected chi connectivity index (χ2v) is 27.1. The van der Waals surface area contributed by atoms with Gasteiger partial charge < -0.3 is 134 Å². The van der Waals surface area contributed by atoms with Crippen LogP contribution in [0.15, 0.2) is 67.1 Å². The topological polar surface area (TPSA) is 719 Å². The Morgan fingerprint density at radius 1 is 0.412 bits per heavy atom. The van der Waals surface area contributed by atoms with E-state index in [2.05, 4.69) is 84.4 Å². The number of H-pyrrole nitrogens is 1. The summed E-state index contributed by atoms with van der Waals surface area (Å²) in [5.74, 6) is -19.1. The van der Waals surface area contributed by atoms with E-state index in [0.29, 0.717) is 36.8 Å². The van der Waals surface area contributed by atoms with Crippen LogP contribution < -0.4 is 103 Å². The number of phenolic OH excluding ortho intramolecular Hbond substituents is 1. The molecule has 0 unspecified atom stereocenters. The highest BCUT2D eigenvalue weighted by Gasteiger charge is 2.37. The van der Waals surface area contributed by atoms with Crippen LogP contribution in [-0.4, -0.2) is 261 Å². The lowest BCUT2D eigenvalue weighted by Gasteiger charge is -2.27. The Balaban J connectivity index is 1.83. The number of carbonyl (C=O) groups excluding carboxylic acids is 15. The molecule has 0 saturated carbocycles. The third-order valence-corrected chi connectivity index (χ3v) is 17.2. The molecule has 13 atom stereocenters. The minimum absolute atomic E-state index is 0.0156. The number of nitrogens with zero attached hydrogens (tertiary/aromatic N) is 1. The predicted molar refractivity (Wildman–Crippen MR) is 404 cm³/mol. The van der Waals surface area contributed by atoms with Crippen LogP contribution in [0.5, 0.6) is 5.75 Å². The number of aromatic amines is 1. The van der Waals surface area contributed by atoms with Crippen molar-refractivity contribution in [2.24, 2.45) is 34.6 Å². The van der Waals surface area contributed by atoms with E-state index in [1.807, 2.05) is 0 Å². The average molecular weight is 1610 g/mol. The quantitative estimate of drug-likeness (QED) is 0.0233. The summed E-state index contributed by atoms with van der Waals surface area (Å²) in [5.41, 5.74) is 29.1. The van der Waals surface area contributed by atoms with Gasteiger partial charge in [0, 0.05) is 25.5 Å². The van der Waals surface area contributed by atoms with E-state index in [0.717, 1.165) is 0 Å². The predicted octanol–water partition coefficient (Wildman–Crippen LogP) is -8.98. The van der Waals surface area contributed by atoms with Gasteiger partial charge in [0.25, 0.3) is 0 Å². The molecule has 114 heavy (non-hydrogen) atoms. The minimum atomic E-state index is -1.95. The molecule has 0 fully saturated rings. The third-order valence-electron chi connectivity index (χ3n) is 17.2. The molecule has 15 amide bonds. The fourth-order valence-corrected chi connectivity index (χ4v) is 10.9. The summed E-state index contributed by atoms with van der Waals surface area (Å²) in [6.45, 7) is 2.39. The highest BCUT2D eigenvalue weighted by atomic mass is 16.4. The number of carbonyl (C=O) groups is 17. The van der Waals surface area contributed by atoms with Crippen molar-refractivity contribution in [1.82, 2.24) is 84.4 Å². The molecule has 0 aliphatic rings. The molecule has 30 N–H and O–H groups in total. The molecule has 2 aromatic carbocycles. The smallest absolute Gasteiger partial charge is 0.305 e. The summed E-state index contributed by atoms with van der Waals surface area (Å²) in [6, 6.07) is -6.58. The molecule has 1 aromatic heterocycles. The standard InChI is InChI=1S/C71H109N21O22/c1-37(2)58(71(114)86-47(59(76)102)29-56(98)99)92-55(97)33-79-63(106)44(16-8-11-23-72)83-65(108)48(26-40-14-6-5-7-15-40)82-54(96)32-78-62(105)45(17-9-12-24-73)84-67(110)50(28-42-31-77-36-80-42)87-61(104)39(4)81-69(112)52(34-93)91-64(107)46(18-10-13-25-74)85-66(109)49(27-41-19-21-43(95)22-20-41)88-68(111)51(30-57(100)101)89-70(113)53(35-94)90-60(103)38(3)75/h5-7,14-15,19-22,31,36-39,44-53,58,93-95H,8-13,16-18,23-30,32-35,72-75H2,1-4H3,(H2,76,102)(H,77,80)(H,78,105)(H,79,106)(H,81,112)(H,82,96)(H,83,108)(H,84,110)(H,85,109)(H,86,114)(H,87,104)(H,88,111)(H,89,113)(H,90,103)(H,91,107)(H,92,97)(H,98,99)(H,100,101)/t38-,39-,44-,45-,46-,47-,48-,49-,50-,51-,52-,53-,58-/m0/s1. The maximum atomic E-state index is 14.4. The molecular formula is C71H109N21O22. The summed E-state index contributed by atoms with van der Waals surface area (Å²) < 4.78 is 0. The maximum absolute atomic E-state index is 14.4. The number of carboxylic acids is 2.